The van der Waals surface area contributed by atoms with E-state index in [-0.39, 0.29) is 28.1 Å². The molecule has 0 saturated heterocycles. The lowest BCUT2D eigenvalue weighted by Gasteiger charge is -2.22. The van der Waals surface area contributed by atoms with Crippen molar-refractivity contribution in [1.29, 1.82) is 0 Å². The van der Waals surface area contributed by atoms with Gasteiger partial charge >= 0.3 is 0 Å². The van der Waals surface area contributed by atoms with Crippen LogP contribution in [-0.4, -0.2) is 50.8 Å². The van der Waals surface area contributed by atoms with Crippen LogP contribution >= 0.6 is 23.2 Å². The minimum atomic E-state index is -3.75. The Morgan fingerprint density at radius 3 is 2.34 bits per heavy atom. The minimum Gasteiger partial charge on any atom is -0.496 e. The smallest absolute Gasteiger partial charge is 0.255 e. The van der Waals surface area contributed by atoms with E-state index in [9.17, 15) is 13.2 Å². The molecule has 0 bridgehead atoms. The van der Waals surface area contributed by atoms with Crippen molar-refractivity contribution in [3.8, 4) is 5.75 Å². The predicted molar refractivity (Wildman–Crippen MR) is 115 cm³/mol. The van der Waals surface area contributed by atoms with Crippen molar-refractivity contribution in [3.63, 3.8) is 0 Å². The number of carbonyl (C=O) groups is 1. The summed E-state index contributed by atoms with van der Waals surface area (Å²) in [7, 11) is 0.879. The van der Waals surface area contributed by atoms with E-state index < -0.39 is 15.9 Å². The van der Waals surface area contributed by atoms with Crippen LogP contribution in [0, 0.1) is 0 Å². The van der Waals surface area contributed by atoms with Gasteiger partial charge in [0, 0.05) is 37.3 Å². The fourth-order valence-corrected chi connectivity index (χ4v) is 4.46. The molecule has 2 aromatic rings. The lowest BCUT2D eigenvalue weighted by atomic mass is 10.1. The molecule has 0 aliphatic rings. The van der Waals surface area contributed by atoms with E-state index in [1.807, 2.05) is 0 Å². The number of nitrogens with zero attached hydrogens (tertiary/aromatic N) is 2. The van der Waals surface area contributed by atoms with Gasteiger partial charge in [-0.3, -0.25) is 4.79 Å². The van der Waals surface area contributed by atoms with Crippen molar-refractivity contribution in [3.05, 3.63) is 57.6 Å². The van der Waals surface area contributed by atoms with Gasteiger partial charge < -0.3 is 9.64 Å². The third kappa shape index (κ3) is 5.22. The first-order chi connectivity index (χ1) is 13.5. The second-order valence-electron chi connectivity index (χ2n) is 6.87. The number of halogens is 2. The molecule has 0 heterocycles. The van der Waals surface area contributed by atoms with Crippen molar-refractivity contribution in [2.45, 2.75) is 31.3 Å². The average Bonchev–Trinajstić information content (AvgIpc) is 2.67. The van der Waals surface area contributed by atoms with Crippen LogP contribution in [0.4, 0.5) is 0 Å². The van der Waals surface area contributed by atoms with Crippen LogP contribution in [0.5, 0.6) is 5.75 Å². The minimum absolute atomic E-state index is 0.00943. The van der Waals surface area contributed by atoms with Crippen molar-refractivity contribution < 1.29 is 17.9 Å². The summed E-state index contributed by atoms with van der Waals surface area (Å²) in [6.45, 7) is 3.75. The maximum absolute atomic E-state index is 13.0. The highest BCUT2D eigenvalue weighted by Gasteiger charge is 2.26. The summed E-state index contributed by atoms with van der Waals surface area (Å²) >= 11 is 12.3. The number of methoxy groups -OCH3 is 1. The molecule has 1 amide bonds. The summed E-state index contributed by atoms with van der Waals surface area (Å²) < 4.78 is 32.1. The van der Waals surface area contributed by atoms with Crippen molar-refractivity contribution >= 4 is 39.1 Å². The maximum Gasteiger partial charge on any atom is 0.255 e. The van der Waals surface area contributed by atoms with Gasteiger partial charge in [-0.1, -0.05) is 23.2 Å². The number of ether oxygens (including phenoxy) is 1. The number of hydrogen-bond acceptors (Lipinski definition) is 4. The van der Waals surface area contributed by atoms with Gasteiger partial charge in [0.2, 0.25) is 10.0 Å². The molecule has 0 aliphatic carbocycles. The zero-order chi connectivity index (χ0) is 21.9. The van der Waals surface area contributed by atoms with Crippen LogP contribution in [0.3, 0.4) is 0 Å². The third-order valence-electron chi connectivity index (χ3n) is 4.57. The van der Waals surface area contributed by atoms with Gasteiger partial charge in [0.25, 0.3) is 5.91 Å². The molecule has 0 fully saturated rings. The molecule has 0 atom stereocenters. The fourth-order valence-electron chi connectivity index (χ4n) is 2.68. The standard InChI is InChI=1S/C20H24Cl2N2O4S/c1-13(2)24(4)29(26,27)16-7-8-18(22)17(11-16)20(25)23(3)12-14-10-15(21)6-9-19(14)28-5/h6-11,13H,12H2,1-5H3. The van der Waals surface area contributed by atoms with E-state index in [1.165, 1.54) is 41.6 Å². The summed E-state index contributed by atoms with van der Waals surface area (Å²) in [6.07, 6.45) is 0. The van der Waals surface area contributed by atoms with E-state index >= 15 is 0 Å². The molecular weight excluding hydrogens is 435 g/mol. The molecule has 0 unspecified atom stereocenters. The second-order valence-corrected chi connectivity index (χ2v) is 9.72. The molecule has 0 aromatic heterocycles. The molecule has 29 heavy (non-hydrogen) atoms. The number of sulfonamides is 1. The third-order valence-corrected chi connectivity index (χ3v) is 7.16. The van der Waals surface area contributed by atoms with Crippen molar-refractivity contribution in [1.82, 2.24) is 9.21 Å². The van der Waals surface area contributed by atoms with E-state index in [2.05, 4.69) is 0 Å². The molecule has 0 aliphatic heterocycles. The van der Waals surface area contributed by atoms with Gasteiger partial charge in [-0.2, -0.15) is 4.31 Å². The van der Waals surface area contributed by atoms with E-state index in [0.717, 1.165) is 5.56 Å². The van der Waals surface area contributed by atoms with Crippen LogP contribution in [0.15, 0.2) is 41.3 Å². The molecule has 0 saturated carbocycles. The van der Waals surface area contributed by atoms with Gasteiger partial charge in [-0.05, 0) is 50.2 Å². The highest BCUT2D eigenvalue weighted by molar-refractivity contribution is 7.89. The number of benzene rings is 2. The first-order valence-corrected chi connectivity index (χ1v) is 11.0. The Morgan fingerprint density at radius 1 is 1.10 bits per heavy atom. The largest absolute Gasteiger partial charge is 0.496 e. The van der Waals surface area contributed by atoms with E-state index in [4.69, 9.17) is 27.9 Å². The molecule has 0 radical (unpaired) electrons. The Labute approximate surface area is 182 Å². The Kier molecular flexibility index (Phi) is 7.56. The lowest BCUT2D eigenvalue weighted by Crippen LogP contribution is -2.33. The summed E-state index contributed by atoms with van der Waals surface area (Å²) in [6, 6.07) is 9.03. The topological polar surface area (TPSA) is 66.9 Å². The molecule has 0 spiro atoms. The van der Waals surface area contributed by atoms with Gasteiger partial charge in [-0.15, -0.1) is 0 Å². The Hall–Kier alpha value is -1.80. The van der Waals surface area contributed by atoms with Gasteiger partial charge in [-0.25, -0.2) is 8.42 Å². The normalized spacial score (nSPS) is 11.8. The van der Waals surface area contributed by atoms with E-state index in [0.29, 0.717) is 10.8 Å². The SMILES string of the molecule is COc1ccc(Cl)cc1CN(C)C(=O)c1cc(S(=O)(=O)N(C)C(C)C)ccc1Cl. The van der Waals surface area contributed by atoms with Crippen molar-refractivity contribution in [2.75, 3.05) is 21.2 Å². The molecule has 2 aromatic carbocycles. The van der Waals surface area contributed by atoms with Gasteiger partial charge in [0.1, 0.15) is 5.75 Å². The predicted octanol–water partition coefficient (Wildman–Crippen LogP) is 4.30. The summed E-state index contributed by atoms with van der Waals surface area (Å²) in [5.74, 6) is 0.177. The summed E-state index contributed by atoms with van der Waals surface area (Å²) in [4.78, 5) is 14.4. The molecule has 9 heteroatoms. The van der Waals surface area contributed by atoms with Gasteiger partial charge in [0.05, 0.1) is 22.6 Å². The lowest BCUT2D eigenvalue weighted by molar-refractivity contribution is 0.0784. The zero-order valence-electron chi connectivity index (χ0n) is 16.9. The van der Waals surface area contributed by atoms with E-state index in [1.54, 1.807) is 39.1 Å². The molecule has 158 valence electrons. The quantitative estimate of drug-likeness (QED) is 0.619. The Bertz CT molecular complexity index is 1010. The first kappa shape index (κ1) is 23.5. The highest BCUT2D eigenvalue weighted by atomic mass is 35.5. The van der Waals surface area contributed by atoms with Crippen molar-refractivity contribution in [2.24, 2.45) is 0 Å². The number of rotatable bonds is 7. The first-order valence-electron chi connectivity index (χ1n) is 8.84. The highest BCUT2D eigenvalue weighted by Crippen LogP contribution is 2.27. The van der Waals surface area contributed by atoms with Crippen LogP contribution in [0.1, 0.15) is 29.8 Å². The fraction of sp³-hybridized carbons (Fsp3) is 0.350. The Morgan fingerprint density at radius 2 is 1.76 bits per heavy atom. The number of hydrogen-bond donors (Lipinski definition) is 0. The molecule has 2 rings (SSSR count). The second kappa shape index (κ2) is 9.34. The van der Waals surface area contributed by atoms with Crippen LogP contribution in [0.2, 0.25) is 10.0 Å². The van der Waals surface area contributed by atoms with Crippen LogP contribution < -0.4 is 4.74 Å². The van der Waals surface area contributed by atoms with Gasteiger partial charge in [0.15, 0.2) is 0 Å². The average molecular weight is 459 g/mol. The zero-order valence-corrected chi connectivity index (χ0v) is 19.3. The molecule has 6 nitrogen and oxygen atoms in total. The number of carbonyl (C=O) groups excluding carboxylic acids is 1. The Balaban J connectivity index is 2.37. The number of amides is 1. The summed E-state index contributed by atoms with van der Waals surface area (Å²) in [5, 5.41) is 0.690. The monoisotopic (exact) mass is 458 g/mol. The maximum atomic E-state index is 13.0. The molecule has 0 N–H and O–H groups in total. The van der Waals surface area contributed by atoms with Crippen LogP contribution in [0.25, 0.3) is 0 Å². The van der Waals surface area contributed by atoms with Crippen LogP contribution in [-0.2, 0) is 16.6 Å². The summed E-state index contributed by atoms with van der Waals surface area (Å²) in [5.41, 5.74) is 0.823. The molecular formula is C20H24Cl2N2O4S.